The minimum absolute atomic E-state index is 0.0968. The van der Waals surface area contributed by atoms with Gasteiger partial charge >= 0.3 is 0 Å². The fourth-order valence-electron chi connectivity index (χ4n) is 2.02. The molecule has 1 heterocycles. The summed E-state index contributed by atoms with van der Waals surface area (Å²) in [7, 11) is 0. The molecule has 1 atom stereocenters. The highest BCUT2D eigenvalue weighted by atomic mass is 16.5. The summed E-state index contributed by atoms with van der Waals surface area (Å²) in [6, 6.07) is 7.58. The molecule has 2 N–H and O–H groups in total. The largest absolute Gasteiger partial charge is 0.491 e. The summed E-state index contributed by atoms with van der Waals surface area (Å²) in [4.78, 5) is 0. The first kappa shape index (κ1) is 14.5. The van der Waals surface area contributed by atoms with E-state index in [4.69, 9.17) is 4.74 Å². The van der Waals surface area contributed by atoms with Crippen LogP contribution in [0.3, 0.4) is 0 Å². The molecular weight excluding hydrogens is 254 g/mol. The van der Waals surface area contributed by atoms with Crippen LogP contribution in [0.5, 0.6) is 5.75 Å². The first-order valence-electron chi connectivity index (χ1n) is 6.71. The summed E-state index contributed by atoms with van der Waals surface area (Å²) < 4.78 is 5.59. The number of aliphatic hydroxyl groups is 1. The van der Waals surface area contributed by atoms with Gasteiger partial charge in [0.15, 0.2) is 0 Å². The van der Waals surface area contributed by atoms with Crippen LogP contribution in [0.4, 0.5) is 0 Å². The van der Waals surface area contributed by atoms with Crippen LogP contribution in [0.15, 0.2) is 30.5 Å². The SMILES string of the molecule is CC(C)(C)CC(O)COc1ccc(-c2cn[nH]n2)cc1. The van der Waals surface area contributed by atoms with Gasteiger partial charge in [-0.15, -0.1) is 0 Å². The monoisotopic (exact) mass is 275 g/mol. The van der Waals surface area contributed by atoms with Gasteiger partial charge in [-0.25, -0.2) is 0 Å². The molecule has 0 amide bonds. The Hall–Kier alpha value is -1.88. The summed E-state index contributed by atoms with van der Waals surface area (Å²) in [5.41, 5.74) is 1.87. The van der Waals surface area contributed by atoms with E-state index >= 15 is 0 Å². The first-order chi connectivity index (χ1) is 9.44. The van der Waals surface area contributed by atoms with Gasteiger partial charge in [-0.05, 0) is 36.1 Å². The van der Waals surface area contributed by atoms with Crippen LogP contribution in [0.25, 0.3) is 11.3 Å². The van der Waals surface area contributed by atoms with Crippen molar-refractivity contribution in [2.75, 3.05) is 6.61 Å². The third-order valence-corrected chi connectivity index (χ3v) is 2.86. The van der Waals surface area contributed by atoms with E-state index in [1.807, 2.05) is 24.3 Å². The smallest absolute Gasteiger partial charge is 0.119 e. The van der Waals surface area contributed by atoms with E-state index in [0.29, 0.717) is 13.0 Å². The Balaban J connectivity index is 1.88. The van der Waals surface area contributed by atoms with Crippen molar-refractivity contribution in [2.45, 2.75) is 33.3 Å². The fourth-order valence-corrected chi connectivity index (χ4v) is 2.02. The maximum Gasteiger partial charge on any atom is 0.119 e. The molecule has 0 spiro atoms. The quantitative estimate of drug-likeness (QED) is 0.880. The zero-order valence-electron chi connectivity index (χ0n) is 12.1. The molecule has 1 aromatic carbocycles. The number of aromatic amines is 1. The number of hydrogen-bond donors (Lipinski definition) is 2. The summed E-state index contributed by atoms with van der Waals surface area (Å²) in [6.07, 6.45) is 1.93. The van der Waals surface area contributed by atoms with E-state index in [-0.39, 0.29) is 5.41 Å². The van der Waals surface area contributed by atoms with Crippen molar-refractivity contribution >= 4 is 0 Å². The lowest BCUT2D eigenvalue weighted by molar-refractivity contribution is 0.0710. The van der Waals surface area contributed by atoms with Gasteiger partial charge in [0.2, 0.25) is 0 Å². The van der Waals surface area contributed by atoms with Gasteiger partial charge in [0.25, 0.3) is 0 Å². The average molecular weight is 275 g/mol. The van der Waals surface area contributed by atoms with Crippen LogP contribution in [0.2, 0.25) is 0 Å². The van der Waals surface area contributed by atoms with Crippen LogP contribution >= 0.6 is 0 Å². The Morgan fingerprint density at radius 1 is 1.25 bits per heavy atom. The van der Waals surface area contributed by atoms with Gasteiger partial charge in [-0.3, -0.25) is 0 Å². The second-order valence-corrected chi connectivity index (χ2v) is 6.11. The Morgan fingerprint density at radius 2 is 1.95 bits per heavy atom. The highest BCUT2D eigenvalue weighted by Crippen LogP contribution is 2.22. The van der Waals surface area contributed by atoms with Crippen LogP contribution in [0, 0.1) is 5.41 Å². The van der Waals surface area contributed by atoms with Crippen LogP contribution < -0.4 is 4.74 Å². The molecule has 0 aliphatic heterocycles. The first-order valence-corrected chi connectivity index (χ1v) is 6.71. The average Bonchev–Trinajstić information content (AvgIpc) is 2.89. The molecule has 0 bridgehead atoms. The van der Waals surface area contributed by atoms with E-state index in [1.54, 1.807) is 6.20 Å². The molecule has 5 nitrogen and oxygen atoms in total. The Morgan fingerprint density at radius 3 is 2.50 bits per heavy atom. The molecule has 0 radical (unpaired) electrons. The molecule has 0 saturated carbocycles. The molecule has 2 rings (SSSR count). The van der Waals surface area contributed by atoms with Crippen molar-refractivity contribution in [1.82, 2.24) is 15.4 Å². The van der Waals surface area contributed by atoms with Crippen LogP contribution in [-0.4, -0.2) is 33.2 Å². The normalized spacial score (nSPS) is 13.2. The fraction of sp³-hybridized carbons (Fsp3) is 0.467. The van der Waals surface area contributed by atoms with E-state index in [1.165, 1.54) is 0 Å². The van der Waals surface area contributed by atoms with Gasteiger partial charge in [0.05, 0.1) is 12.3 Å². The third kappa shape index (κ3) is 4.35. The van der Waals surface area contributed by atoms with Crippen molar-refractivity contribution in [1.29, 1.82) is 0 Å². The van der Waals surface area contributed by atoms with E-state index in [9.17, 15) is 5.11 Å². The van der Waals surface area contributed by atoms with Gasteiger partial charge < -0.3 is 9.84 Å². The number of hydrogen-bond acceptors (Lipinski definition) is 4. The van der Waals surface area contributed by atoms with E-state index in [2.05, 4.69) is 36.2 Å². The number of nitrogens with zero attached hydrogens (tertiary/aromatic N) is 2. The summed E-state index contributed by atoms with van der Waals surface area (Å²) in [6.45, 7) is 6.61. The van der Waals surface area contributed by atoms with Crippen molar-refractivity contribution in [3.63, 3.8) is 0 Å². The molecule has 1 unspecified atom stereocenters. The molecule has 0 aliphatic carbocycles. The molecular formula is C15H21N3O2. The number of rotatable bonds is 5. The Kier molecular flexibility index (Phi) is 4.39. The summed E-state index contributed by atoms with van der Waals surface area (Å²) in [5, 5.41) is 20.3. The Bertz CT molecular complexity index is 515. The molecule has 108 valence electrons. The van der Waals surface area contributed by atoms with Gasteiger partial charge in [0.1, 0.15) is 18.1 Å². The number of nitrogens with one attached hydrogen (secondary N) is 1. The van der Waals surface area contributed by atoms with E-state index < -0.39 is 6.10 Å². The molecule has 2 aromatic rings. The highest BCUT2D eigenvalue weighted by Gasteiger charge is 2.17. The van der Waals surface area contributed by atoms with E-state index in [0.717, 1.165) is 17.0 Å². The number of aromatic nitrogens is 3. The zero-order valence-corrected chi connectivity index (χ0v) is 12.1. The minimum Gasteiger partial charge on any atom is -0.491 e. The summed E-state index contributed by atoms with van der Waals surface area (Å²) in [5.74, 6) is 0.741. The number of H-pyrrole nitrogens is 1. The summed E-state index contributed by atoms with van der Waals surface area (Å²) >= 11 is 0. The second kappa shape index (κ2) is 6.05. The van der Waals surface area contributed by atoms with Crippen LogP contribution in [-0.2, 0) is 0 Å². The molecule has 0 fully saturated rings. The van der Waals surface area contributed by atoms with Gasteiger partial charge in [0, 0.05) is 5.56 Å². The number of benzene rings is 1. The van der Waals surface area contributed by atoms with Gasteiger partial charge in [-0.1, -0.05) is 20.8 Å². The lowest BCUT2D eigenvalue weighted by atomic mass is 9.89. The molecule has 0 aliphatic rings. The third-order valence-electron chi connectivity index (χ3n) is 2.86. The highest BCUT2D eigenvalue weighted by molar-refractivity contribution is 5.58. The topological polar surface area (TPSA) is 71.0 Å². The van der Waals surface area contributed by atoms with Crippen molar-refractivity contribution in [3.8, 4) is 17.0 Å². The molecule has 1 aromatic heterocycles. The minimum atomic E-state index is -0.454. The molecule has 0 saturated heterocycles. The predicted octanol–water partition coefficient (Wildman–Crippen LogP) is 2.65. The standard InChI is InChI=1S/C15H21N3O2/c1-15(2,3)8-12(19)10-20-13-6-4-11(5-7-13)14-9-16-18-17-14/h4-7,9,12,19H,8,10H2,1-3H3,(H,16,17,18). The zero-order chi connectivity index (χ0) is 14.6. The van der Waals surface area contributed by atoms with Crippen molar-refractivity contribution < 1.29 is 9.84 Å². The molecule has 20 heavy (non-hydrogen) atoms. The van der Waals surface area contributed by atoms with Crippen molar-refractivity contribution in [3.05, 3.63) is 30.5 Å². The maximum atomic E-state index is 9.90. The number of aliphatic hydroxyl groups excluding tert-OH is 1. The lowest BCUT2D eigenvalue weighted by Crippen LogP contribution is -2.23. The van der Waals surface area contributed by atoms with Crippen molar-refractivity contribution in [2.24, 2.45) is 5.41 Å². The predicted molar refractivity (Wildman–Crippen MR) is 77.4 cm³/mol. The number of ether oxygens (including phenoxy) is 1. The second-order valence-electron chi connectivity index (χ2n) is 6.11. The lowest BCUT2D eigenvalue weighted by Gasteiger charge is -2.22. The maximum absolute atomic E-state index is 9.90. The van der Waals surface area contributed by atoms with Crippen LogP contribution in [0.1, 0.15) is 27.2 Å². The van der Waals surface area contributed by atoms with Gasteiger partial charge in [-0.2, -0.15) is 15.4 Å². The Labute approximate surface area is 119 Å². The molecule has 5 heteroatoms.